The molecule has 4 nitrogen and oxygen atoms in total. The Morgan fingerprint density at radius 1 is 1.53 bits per heavy atom. The Labute approximate surface area is 104 Å². The van der Waals surface area contributed by atoms with Crippen LogP contribution in [0.4, 0.5) is 5.69 Å². The van der Waals surface area contributed by atoms with Crippen LogP contribution in [-0.2, 0) is 13.5 Å². The van der Waals surface area contributed by atoms with Gasteiger partial charge in [0.15, 0.2) is 0 Å². The van der Waals surface area contributed by atoms with E-state index in [0.29, 0.717) is 6.42 Å². The maximum atomic E-state index is 8.62. The predicted molar refractivity (Wildman–Crippen MR) is 69.7 cm³/mol. The van der Waals surface area contributed by atoms with Crippen LogP contribution in [-0.4, -0.2) is 16.3 Å². The van der Waals surface area contributed by atoms with Crippen molar-refractivity contribution < 1.29 is 0 Å². The Bertz CT molecular complexity index is 398. The number of aromatic nitrogens is 2. The van der Waals surface area contributed by atoms with Crippen LogP contribution in [0.5, 0.6) is 0 Å². The molecule has 0 saturated carbocycles. The lowest BCUT2D eigenvalue weighted by Crippen LogP contribution is -2.23. The van der Waals surface area contributed by atoms with E-state index in [1.807, 2.05) is 17.9 Å². The minimum Gasteiger partial charge on any atom is -0.382 e. The molecule has 1 N–H and O–H groups in total. The van der Waals surface area contributed by atoms with Crippen LogP contribution < -0.4 is 5.32 Å². The van der Waals surface area contributed by atoms with Crippen molar-refractivity contribution in [2.24, 2.45) is 12.5 Å². The smallest absolute Gasteiger partial charge is 0.0853 e. The van der Waals surface area contributed by atoms with Crippen LogP contribution in [0.3, 0.4) is 0 Å². The first-order valence-electron chi connectivity index (χ1n) is 6.12. The maximum absolute atomic E-state index is 8.62. The molecule has 0 spiro atoms. The fourth-order valence-corrected chi connectivity index (χ4v) is 1.76. The SMILES string of the molecule is CCc1nn(C)cc1NCC(C)(C)CCC#N. The van der Waals surface area contributed by atoms with E-state index in [-0.39, 0.29) is 5.41 Å². The first kappa shape index (κ1) is 13.6. The van der Waals surface area contributed by atoms with E-state index >= 15 is 0 Å². The monoisotopic (exact) mass is 234 g/mol. The number of nitriles is 1. The van der Waals surface area contributed by atoms with Crippen molar-refractivity contribution in [3.05, 3.63) is 11.9 Å². The van der Waals surface area contributed by atoms with Crippen LogP contribution in [0.2, 0.25) is 0 Å². The summed E-state index contributed by atoms with van der Waals surface area (Å²) in [5.41, 5.74) is 2.35. The van der Waals surface area contributed by atoms with Crippen molar-refractivity contribution in [2.75, 3.05) is 11.9 Å². The topological polar surface area (TPSA) is 53.6 Å². The first-order chi connectivity index (χ1) is 7.98. The standard InChI is InChI=1S/C13H22N4/c1-5-11-12(9-17(4)16-11)15-10-13(2,3)7-6-8-14/h9,15H,5-7,10H2,1-4H3. The molecular formula is C13H22N4. The van der Waals surface area contributed by atoms with Gasteiger partial charge in [-0.05, 0) is 18.3 Å². The normalized spacial score (nSPS) is 11.2. The number of hydrogen-bond donors (Lipinski definition) is 1. The van der Waals surface area contributed by atoms with Gasteiger partial charge in [0.2, 0.25) is 0 Å². The van der Waals surface area contributed by atoms with Crippen molar-refractivity contribution in [2.45, 2.75) is 40.0 Å². The van der Waals surface area contributed by atoms with Gasteiger partial charge in [-0.15, -0.1) is 0 Å². The fraction of sp³-hybridized carbons (Fsp3) is 0.692. The lowest BCUT2D eigenvalue weighted by molar-refractivity contribution is 0.363. The summed E-state index contributed by atoms with van der Waals surface area (Å²) in [6.07, 6.45) is 4.47. The number of hydrogen-bond acceptors (Lipinski definition) is 3. The molecule has 4 heteroatoms. The van der Waals surface area contributed by atoms with Crippen LogP contribution in [0.1, 0.15) is 39.3 Å². The Balaban J connectivity index is 2.57. The lowest BCUT2D eigenvalue weighted by Gasteiger charge is -2.24. The highest BCUT2D eigenvalue weighted by molar-refractivity contribution is 5.46. The molecule has 0 atom stereocenters. The fourth-order valence-electron chi connectivity index (χ4n) is 1.76. The molecule has 0 aliphatic carbocycles. The van der Waals surface area contributed by atoms with E-state index < -0.39 is 0 Å². The second-order valence-electron chi connectivity index (χ2n) is 5.19. The maximum Gasteiger partial charge on any atom is 0.0853 e. The average molecular weight is 234 g/mol. The van der Waals surface area contributed by atoms with Crippen molar-refractivity contribution in [3.8, 4) is 6.07 Å². The van der Waals surface area contributed by atoms with Gasteiger partial charge in [0.1, 0.15) is 0 Å². The molecule has 1 rings (SSSR count). The van der Waals surface area contributed by atoms with Gasteiger partial charge in [0.25, 0.3) is 0 Å². The largest absolute Gasteiger partial charge is 0.382 e. The van der Waals surface area contributed by atoms with Crippen LogP contribution >= 0.6 is 0 Å². The molecule has 1 heterocycles. The predicted octanol–water partition coefficient (Wildman–Crippen LogP) is 2.72. The van der Waals surface area contributed by atoms with Gasteiger partial charge < -0.3 is 5.32 Å². The highest BCUT2D eigenvalue weighted by Crippen LogP contribution is 2.23. The van der Waals surface area contributed by atoms with Gasteiger partial charge in [0.05, 0.1) is 17.5 Å². The highest BCUT2D eigenvalue weighted by Gasteiger charge is 2.18. The van der Waals surface area contributed by atoms with Gasteiger partial charge in [-0.2, -0.15) is 10.4 Å². The summed E-state index contributed by atoms with van der Waals surface area (Å²) in [4.78, 5) is 0. The zero-order chi connectivity index (χ0) is 12.9. The number of nitrogens with zero attached hydrogens (tertiary/aromatic N) is 3. The number of anilines is 1. The third kappa shape index (κ3) is 4.10. The third-order valence-electron chi connectivity index (χ3n) is 2.91. The molecule has 1 aromatic heterocycles. The van der Waals surface area contributed by atoms with E-state index in [0.717, 1.165) is 30.8 Å². The lowest BCUT2D eigenvalue weighted by atomic mass is 9.88. The Morgan fingerprint density at radius 2 is 2.24 bits per heavy atom. The molecule has 94 valence electrons. The quantitative estimate of drug-likeness (QED) is 0.823. The van der Waals surface area contributed by atoms with E-state index in [1.54, 1.807) is 0 Å². The van der Waals surface area contributed by atoms with E-state index in [1.165, 1.54) is 0 Å². The van der Waals surface area contributed by atoms with Crippen molar-refractivity contribution >= 4 is 5.69 Å². The van der Waals surface area contributed by atoms with E-state index in [4.69, 9.17) is 5.26 Å². The zero-order valence-electron chi connectivity index (χ0n) is 11.2. The number of rotatable bonds is 6. The molecule has 0 aromatic carbocycles. The van der Waals surface area contributed by atoms with Gasteiger partial charge in [-0.3, -0.25) is 4.68 Å². The molecule has 0 fully saturated rings. The third-order valence-corrected chi connectivity index (χ3v) is 2.91. The number of aryl methyl sites for hydroxylation is 2. The summed E-state index contributed by atoms with van der Waals surface area (Å²) in [5, 5.41) is 16.5. The van der Waals surface area contributed by atoms with Gasteiger partial charge in [0, 0.05) is 26.2 Å². The van der Waals surface area contributed by atoms with Gasteiger partial charge in [-0.25, -0.2) is 0 Å². The summed E-state index contributed by atoms with van der Waals surface area (Å²) < 4.78 is 1.84. The van der Waals surface area contributed by atoms with Crippen LogP contribution in [0.25, 0.3) is 0 Å². The molecule has 0 bridgehead atoms. The number of nitrogens with one attached hydrogen (secondary N) is 1. The average Bonchev–Trinajstić information content (AvgIpc) is 2.65. The van der Waals surface area contributed by atoms with Crippen molar-refractivity contribution in [1.82, 2.24) is 9.78 Å². The summed E-state index contributed by atoms with van der Waals surface area (Å²) in [6.45, 7) is 7.33. The molecule has 0 aliphatic rings. The Kier molecular flexibility index (Phi) is 4.56. The second kappa shape index (κ2) is 5.72. The summed E-state index contributed by atoms with van der Waals surface area (Å²) in [7, 11) is 1.94. The molecule has 0 amide bonds. The van der Waals surface area contributed by atoms with Crippen LogP contribution in [0, 0.1) is 16.7 Å². The summed E-state index contributed by atoms with van der Waals surface area (Å²) in [5.74, 6) is 0. The van der Waals surface area contributed by atoms with Gasteiger partial charge >= 0.3 is 0 Å². The summed E-state index contributed by atoms with van der Waals surface area (Å²) in [6, 6.07) is 2.20. The van der Waals surface area contributed by atoms with Crippen molar-refractivity contribution in [3.63, 3.8) is 0 Å². The summed E-state index contributed by atoms with van der Waals surface area (Å²) >= 11 is 0. The Hall–Kier alpha value is -1.50. The minimum absolute atomic E-state index is 0.135. The minimum atomic E-state index is 0.135. The molecule has 0 radical (unpaired) electrons. The first-order valence-corrected chi connectivity index (χ1v) is 6.12. The van der Waals surface area contributed by atoms with E-state index in [9.17, 15) is 0 Å². The van der Waals surface area contributed by atoms with Crippen LogP contribution in [0.15, 0.2) is 6.20 Å². The van der Waals surface area contributed by atoms with Gasteiger partial charge in [-0.1, -0.05) is 20.8 Å². The molecule has 0 unspecified atom stereocenters. The van der Waals surface area contributed by atoms with E-state index in [2.05, 4.69) is 37.3 Å². The molecule has 0 saturated heterocycles. The molecule has 17 heavy (non-hydrogen) atoms. The Morgan fingerprint density at radius 3 is 2.82 bits per heavy atom. The molecule has 0 aliphatic heterocycles. The molecular weight excluding hydrogens is 212 g/mol. The molecule has 1 aromatic rings. The second-order valence-corrected chi connectivity index (χ2v) is 5.19. The zero-order valence-corrected chi connectivity index (χ0v) is 11.2. The highest BCUT2D eigenvalue weighted by atomic mass is 15.3. The van der Waals surface area contributed by atoms with Crippen molar-refractivity contribution in [1.29, 1.82) is 5.26 Å².